The summed E-state index contributed by atoms with van der Waals surface area (Å²) in [7, 11) is 0. The summed E-state index contributed by atoms with van der Waals surface area (Å²) in [4.78, 5) is 27.4. The van der Waals surface area contributed by atoms with E-state index < -0.39 is 47.6 Å². The van der Waals surface area contributed by atoms with Crippen molar-refractivity contribution >= 4 is 17.4 Å². The number of hydrogen-bond acceptors (Lipinski definition) is 4. The van der Waals surface area contributed by atoms with Crippen molar-refractivity contribution in [2.75, 3.05) is 4.90 Å². The van der Waals surface area contributed by atoms with Gasteiger partial charge in [0.2, 0.25) is 5.91 Å². The SMILES string of the molecule is NC1(N[C@@H]2CC(=O)c3ccccc3N(Cc3cc(C(F)(F)F)cc(C(F)(F)F)c3)C2=O)CCC1. The van der Waals surface area contributed by atoms with Crippen LogP contribution in [-0.2, 0) is 23.7 Å². The van der Waals surface area contributed by atoms with Gasteiger partial charge in [0.05, 0.1) is 35.1 Å². The third kappa shape index (κ3) is 4.80. The number of nitrogens with zero attached hydrogens (tertiary/aromatic N) is 1. The molecule has 34 heavy (non-hydrogen) atoms. The number of Topliss-reactive ketones (excluding diaryl/α,β-unsaturated/α-hetero) is 1. The van der Waals surface area contributed by atoms with E-state index in [-0.39, 0.29) is 35.1 Å². The third-order valence-electron chi connectivity index (χ3n) is 6.14. The van der Waals surface area contributed by atoms with Gasteiger partial charge in [0, 0.05) is 12.0 Å². The van der Waals surface area contributed by atoms with Crippen molar-refractivity contribution in [1.29, 1.82) is 0 Å². The summed E-state index contributed by atoms with van der Waals surface area (Å²) in [5.74, 6) is -1.03. The molecule has 3 N–H and O–H groups in total. The predicted octanol–water partition coefficient (Wildman–Crippen LogP) is 4.64. The van der Waals surface area contributed by atoms with Crippen LogP contribution >= 0.6 is 0 Å². The monoisotopic (exact) mass is 485 g/mol. The van der Waals surface area contributed by atoms with Crippen LogP contribution in [0.5, 0.6) is 0 Å². The Bertz CT molecular complexity index is 1090. The van der Waals surface area contributed by atoms with Crippen LogP contribution in [0, 0.1) is 0 Å². The van der Waals surface area contributed by atoms with Crippen LogP contribution in [0.3, 0.4) is 0 Å². The van der Waals surface area contributed by atoms with Gasteiger partial charge in [0.1, 0.15) is 0 Å². The lowest BCUT2D eigenvalue weighted by Crippen LogP contribution is -2.64. The number of amides is 1. The second-order valence-electron chi connectivity index (χ2n) is 8.69. The first-order valence-corrected chi connectivity index (χ1v) is 10.6. The number of anilines is 1. The molecule has 4 rings (SSSR count). The van der Waals surface area contributed by atoms with Crippen LogP contribution in [0.2, 0.25) is 0 Å². The van der Waals surface area contributed by atoms with Gasteiger partial charge in [-0.2, -0.15) is 26.3 Å². The van der Waals surface area contributed by atoms with E-state index in [2.05, 4.69) is 5.32 Å². The number of ketones is 1. The maximum Gasteiger partial charge on any atom is 0.416 e. The van der Waals surface area contributed by atoms with E-state index in [0.29, 0.717) is 25.0 Å². The maximum absolute atomic E-state index is 13.5. The number of carbonyl (C=O) groups is 2. The number of alkyl halides is 6. The van der Waals surface area contributed by atoms with Crippen molar-refractivity contribution in [3.8, 4) is 0 Å². The van der Waals surface area contributed by atoms with E-state index in [1.54, 1.807) is 6.07 Å². The van der Waals surface area contributed by atoms with Gasteiger partial charge in [0.25, 0.3) is 0 Å². The topological polar surface area (TPSA) is 75.4 Å². The highest BCUT2D eigenvalue weighted by molar-refractivity contribution is 6.12. The molecule has 1 aliphatic carbocycles. The van der Waals surface area contributed by atoms with Gasteiger partial charge in [-0.1, -0.05) is 12.1 Å². The standard InChI is InChI=1S/C23H21F6N3O2/c24-22(25,26)14-8-13(9-15(10-14)23(27,28)29)12-32-18-5-2-1-4-16(18)19(33)11-17(20(32)34)31-21(30)6-3-7-21/h1-2,4-5,8-10,17,31H,3,6-7,11-12,30H2/t17-/m1/s1. The van der Waals surface area contributed by atoms with E-state index in [0.717, 1.165) is 11.3 Å². The van der Waals surface area contributed by atoms with Gasteiger partial charge in [-0.15, -0.1) is 0 Å². The van der Waals surface area contributed by atoms with Crippen molar-refractivity contribution in [1.82, 2.24) is 5.32 Å². The molecule has 0 radical (unpaired) electrons. The number of carbonyl (C=O) groups excluding carboxylic acids is 2. The lowest BCUT2D eigenvalue weighted by atomic mass is 9.84. The maximum atomic E-state index is 13.5. The molecular weight excluding hydrogens is 464 g/mol. The van der Waals surface area contributed by atoms with Crippen molar-refractivity contribution in [3.63, 3.8) is 0 Å². The lowest BCUT2D eigenvalue weighted by molar-refractivity contribution is -0.143. The molecule has 0 saturated heterocycles. The number of rotatable bonds is 4. The molecule has 1 saturated carbocycles. The summed E-state index contributed by atoms with van der Waals surface area (Å²) in [6, 6.07) is 6.12. The highest BCUT2D eigenvalue weighted by Crippen LogP contribution is 2.38. The molecule has 1 amide bonds. The number of nitrogens with one attached hydrogen (secondary N) is 1. The van der Waals surface area contributed by atoms with Crippen molar-refractivity contribution in [2.45, 2.75) is 56.3 Å². The normalized spacial score (nSPS) is 20.6. The number of benzene rings is 2. The molecule has 11 heteroatoms. The molecule has 2 aliphatic rings. The lowest BCUT2D eigenvalue weighted by Gasteiger charge is -2.41. The summed E-state index contributed by atoms with van der Waals surface area (Å²) in [6.45, 7) is -0.591. The summed E-state index contributed by atoms with van der Waals surface area (Å²) < 4.78 is 79.9. The van der Waals surface area contributed by atoms with Gasteiger partial charge in [-0.25, -0.2) is 0 Å². The quantitative estimate of drug-likeness (QED) is 0.489. The van der Waals surface area contributed by atoms with Crippen LogP contribution in [0.25, 0.3) is 0 Å². The molecule has 2 aromatic carbocycles. The fourth-order valence-electron chi connectivity index (χ4n) is 4.25. The first kappa shape index (κ1) is 24.2. The number of halogens is 6. The first-order valence-electron chi connectivity index (χ1n) is 10.6. The van der Waals surface area contributed by atoms with Gasteiger partial charge < -0.3 is 10.6 Å². The number of fused-ring (bicyclic) bond motifs is 1. The summed E-state index contributed by atoms with van der Waals surface area (Å²) >= 11 is 0. The molecule has 0 aromatic heterocycles. The van der Waals surface area contributed by atoms with E-state index in [9.17, 15) is 35.9 Å². The fraction of sp³-hybridized carbons (Fsp3) is 0.391. The Balaban J connectivity index is 1.77. The second kappa shape index (κ2) is 8.38. The zero-order chi connectivity index (χ0) is 24.9. The largest absolute Gasteiger partial charge is 0.416 e. The average molecular weight is 485 g/mol. The van der Waals surface area contributed by atoms with Crippen molar-refractivity contribution in [2.24, 2.45) is 5.73 Å². The van der Waals surface area contributed by atoms with E-state index >= 15 is 0 Å². The first-order chi connectivity index (χ1) is 15.8. The minimum atomic E-state index is -5.02. The molecule has 5 nitrogen and oxygen atoms in total. The smallest absolute Gasteiger partial charge is 0.313 e. The summed E-state index contributed by atoms with van der Waals surface area (Å²) in [5, 5.41) is 2.98. The Hall–Kier alpha value is -2.92. The Morgan fingerprint density at radius 1 is 0.971 bits per heavy atom. The molecule has 2 aromatic rings. The second-order valence-corrected chi connectivity index (χ2v) is 8.69. The zero-order valence-electron chi connectivity index (χ0n) is 17.8. The Morgan fingerprint density at radius 3 is 2.09 bits per heavy atom. The molecule has 1 fully saturated rings. The highest BCUT2D eigenvalue weighted by Gasteiger charge is 2.42. The minimum absolute atomic E-state index is 0.0321. The van der Waals surface area contributed by atoms with Crippen molar-refractivity contribution in [3.05, 3.63) is 64.7 Å². The van der Waals surface area contributed by atoms with Gasteiger partial charge in [-0.3, -0.25) is 14.9 Å². The molecule has 0 unspecified atom stereocenters. The van der Waals surface area contributed by atoms with Crippen LogP contribution < -0.4 is 16.0 Å². The van der Waals surface area contributed by atoms with Crippen LogP contribution in [0.4, 0.5) is 32.0 Å². The van der Waals surface area contributed by atoms with Gasteiger partial charge in [0.15, 0.2) is 5.78 Å². The Kier molecular flexibility index (Phi) is 5.97. The van der Waals surface area contributed by atoms with Crippen LogP contribution in [-0.4, -0.2) is 23.4 Å². The van der Waals surface area contributed by atoms with Crippen molar-refractivity contribution < 1.29 is 35.9 Å². The minimum Gasteiger partial charge on any atom is -0.313 e. The van der Waals surface area contributed by atoms with Gasteiger partial charge >= 0.3 is 12.4 Å². The van der Waals surface area contributed by atoms with E-state index in [1.165, 1.54) is 18.2 Å². The molecule has 1 aliphatic heterocycles. The molecular formula is C23H21F6N3O2. The zero-order valence-corrected chi connectivity index (χ0v) is 17.8. The number of para-hydroxylation sites is 1. The van der Waals surface area contributed by atoms with E-state index in [4.69, 9.17) is 5.73 Å². The molecule has 182 valence electrons. The molecule has 1 atom stereocenters. The molecule has 0 bridgehead atoms. The highest BCUT2D eigenvalue weighted by atomic mass is 19.4. The van der Waals surface area contributed by atoms with Gasteiger partial charge in [-0.05, 0) is 55.2 Å². The third-order valence-corrected chi connectivity index (χ3v) is 6.14. The fourth-order valence-corrected chi connectivity index (χ4v) is 4.25. The Morgan fingerprint density at radius 2 is 1.56 bits per heavy atom. The summed E-state index contributed by atoms with van der Waals surface area (Å²) in [6.07, 6.45) is -8.31. The predicted molar refractivity (Wildman–Crippen MR) is 111 cm³/mol. The number of hydrogen-bond donors (Lipinski definition) is 2. The van der Waals surface area contributed by atoms with Crippen LogP contribution in [0.15, 0.2) is 42.5 Å². The summed E-state index contributed by atoms with van der Waals surface area (Å²) in [5.41, 5.74) is 2.28. The Labute approximate surface area is 190 Å². The average Bonchev–Trinajstić information content (AvgIpc) is 2.82. The van der Waals surface area contributed by atoms with E-state index in [1.807, 2.05) is 0 Å². The number of nitrogens with two attached hydrogens (primary N) is 1. The molecule has 0 spiro atoms. The van der Waals surface area contributed by atoms with Crippen LogP contribution in [0.1, 0.15) is 52.7 Å². The molecule has 1 heterocycles.